The second-order valence-corrected chi connectivity index (χ2v) is 6.41. The Bertz CT molecular complexity index is 415. The second kappa shape index (κ2) is 5.82. The van der Waals surface area contributed by atoms with Crippen molar-refractivity contribution in [1.82, 2.24) is 4.90 Å². The minimum atomic E-state index is -0.149. The maximum absolute atomic E-state index is 9.93. The highest BCUT2D eigenvalue weighted by Crippen LogP contribution is 2.42. The van der Waals surface area contributed by atoms with E-state index in [0.717, 1.165) is 36.9 Å². The van der Waals surface area contributed by atoms with Crippen molar-refractivity contribution >= 4 is 11.6 Å². The van der Waals surface area contributed by atoms with Gasteiger partial charge in [0.2, 0.25) is 0 Å². The van der Waals surface area contributed by atoms with Gasteiger partial charge >= 0.3 is 0 Å². The van der Waals surface area contributed by atoms with E-state index in [0.29, 0.717) is 6.04 Å². The molecule has 104 valence electrons. The van der Waals surface area contributed by atoms with Gasteiger partial charge in [-0.3, -0.25) is 4.90 Å². The molecule has 1 N–H and O–H groups in total. The molecule has 0 bridgehead atoms. The van der Waals surface area contributed by atoms with Crippen LogP contribution in [0.4, 0.5) is 0 Å². The molecule has 0 aromatic heterocycles. The molecule has 0 amide bonds. The lowest BCUT2D eigenvalue weighted by Crippen LogP contribution is -2.44. The molecule has 1 aromatic rings. The molecule has 1 aliphatic heterocycles. The Kier molecular flexibility index (Phi) is 4.11. The van der Waals surface area contributed by atoms with E-state index in [9.17, 15) is 5.11 Å². The van der Waals surface area contributed by atoms with Crippen molar-refractivity contribution in [3.05, 3.63) is 34.9 Å². The molecule has 1 heterocycles. The molecule has 3 rings (SSSR count). The van der Waals surface area contributed by atoms with Crippen LogP contribution in [-0.2, 0) is 0 Å². The molecule has 0 spiro atoms. The monoisotopic (exact) mass is 279 g/mol. The van der Waals surface area contributed by atoms with Crippen LogP contribution in [0.2, 0.25) is 5.02 Å². The zero-order valence-corrected chi connectivity index (χ0v) is 12.0. The summed E-state index contributed by atoms with van der Waals surface area (Å²) < 4.78 is 0. The van der Waals surface area contributed by atoms with E-state index in [4.69, 9.17) is 11.6 Å². The highest BCUT2D eigenvalue weighted by atomic mass is 35.5. The highest BCUT2D eigenvalue weighted by Gasteiger charge is 2.34. The molecule has 1 saturated heterocycles. The molecule has 1 aromatic carbocycles. The molecule has 2 aliphatic rings. The van der Waals surface area contributed by atoms with Gasteiger partial charge in [-0.15, -0.1) is 0 Å². The predicted octanol–water partition coefficient (Wildman–Crippen LogP) is 3.64. The molecule has 1 aliphatic carbocycles. The van der Waals surface area contributed by atoms with Crippen LogP contribution in [0.5, 0.6) is 0 Å². The molecule has 3 heteroatoms. The maximum atomic E-state index is 9.93. The van der Waals surface area contributed by atoms with Gasteiger partial charge in [-0.05, 0) is 55.8 Å². The molecule has 2 atom stereocenters. The van der Waals surface area contributed by atoms with E-state index in [1.807, 2.05) is 12.1 Å². The van der Waals surface area contributed by atoms with Gasteiger partial charge in [0, 0.05) is 17.6 Å². The van der Waals surface area contributed by atoms with E-state index in [2.05, 4.69) is 17.0 Å². The van der Waals surface area contributed by atoms with Crippen LogP contribution in [0.3, 0.4) is 0 Å². The average Bonchev–Trinajstić information content (AvgIpc) is 2.35. The third-order valence-electron chi connectivity index (χ3n) is 4.63. The Morgan fingerprint density at radius 2 is 1.84 bits per heavy atom. The minimum absolute atomic E-state index is 0.149. The molecule has 19 heavy (non-hydrogen) atoms. The minimum Gasteiger partial charge on any atom is -0.392 e. The van der Waals surface area contributed by atoms with E-state index < -0.39 is 0 Å². The number of nitrogens with zero attached hydrogens (tertiary/aromatic N) is 1. The first-order chi connectivity index (χ1) is 9.24. The van der Waals surface area contributed by atoms with Gasteiger partial charge in [-0.1, -0.05) is 30.2 Å². The second-order valence-electron chi connectivity index (χ2n) is 5.98. The Hall–Kier alpha value is -0.570. The Morgan fingerprint density at radius 3 is 2.42 bits per heavy atom. The average molecular weight is 280 g/mol. The fourth-order valence-corrected chi connectivity index (χ4v) is 3.56. The molecule has 2 fully saturated rings. The van der Waals surface area contributed by atoms with Gasteiger partial charge in [0.1, 0.15) is 0 Å². The van der Waals surface area contributed by atoms with E-state index >= 15 is 0 Å². The lowest BCUT2D eigenvalue weighted by molar-refractivity contribution is 0.0135. The zero-order valence-electron chi connectivity index (χ0n) is 11.3. The van der Waals surface area contributed by atoms with Crippen molar-refractivity contribution in [2.75, 3.05) is 13.1 Å². The summed E-state index contributed by atoms with van der Waals surface area (Å²) in [5.74, 6) is 0.756. The molecular formula is C16H22ClNO. The number of hydrogen-bond donors (Lipinski definition) is 1. The van der Waals surface area contributed by atoms with Crippen molar-refractivity contribution in [3.8, 4) is 0 Å². The first-order valence-electron chi connectivity index (χ1n) is 7.41. The van der Waals surface area contributed by atoms with Gasteiger partial charge in [-0.2, -0.15) is 0 Å². The lowest BCUT2D eigenvalue weighted by atomic mass is 9.76. The number of aliphatic hydroxyl groups is 1. The van der Waals surface area contributed by atoms with Crippen molar-refractivity contribution in [1.29, 1.82) is 0 Å². The zero-order chi connectivity index (χ0) is 13.2. The van der Waals surface area contributed by atoms with Crippen molar-refractivity contribution in [3.63, 3.8) is 0 Å². The first-order valence-corrected chi connectivity index (χ1v) is 7.79. The maximum Gasteiger partial charge on any atom is 0.0667 e. The lowest BCUT2D eigenvalue weighted by Gasteiger charge is -2.44. The number of likely N-dealkylation sites (tertiary alicyclic amines) is 1. The van der Waals surface area contributed by atoms with Crippen molar-refractivity contribution in [2.45, 2.75) is 44.2 Å². The van der Waals surface area contributed by atoms with Gasteiger partial charge in [0.25, 0.3) is 0 Å². The molecule has 2 unspecified atom stereocenters. The SMILES string of the molecule is OC1CCCN(C(c2ccc(Cl)cc2)C2CCC2)C1. The summed E-state index contributed by atoms with van der Waals surface area (Å²) in [4.78, 5) is 2.49. The first kappa shape index (κ1) is 13.4. The standard InChI is InChI=1S/C16H22ClNO/c17-14-8-6-13(7-9-14)16(12-3-1-4-12)18-10-2-5-15(19)11-18/h6-9,12,15-16,19H,1-5,10-11H2. The number of rotatable bonds is 3. The van der Waals surface area contributed by atoms with Gasteiger partial charge < -0.3 is 5.11 Å². The normalized spacial score (nSPS) is 26.9. The summed E-state index contributed by atoms with van der Waals surface area (Å²) in [5, 5.41) is 10.7. The largest absolute Gasteiger partial charge is 0.392 e. The summed E-state index contributed by atoms with van der Waals surface area (Å²) in [7, 11) is 0. The van der Waals surface area contributed by atoms with Gasteiger partial charge in [-0.25, -0.2) is 0 Å². The van der Waals surface area contributed by atoms with Crippen LogP contribution in [0.15, 0.2) is 24.3 Å². The summed E-state index contributed by atoms with van der Waals surface area (Å²) in [5.41, 5.74) is 1.36. The van der Waals surface area contributed by atoms with Crippen molar-refractivity contribution < 1.29 is 5.11 Å². The Balaban J connectivity index is 1.82. The van der Waals surface area contributed by atoms with Crippen LogP contribution < -0.4 is 0 Å². The number of halogens is 1. The fraction of sp³-hybridized carbons (Fsp3) is 0.625. The fourth-order valence-electron chi connectivity index (χ4n) is 3.43. The van der Waals surface area contributed by atoms with Crippen LogP contribution in [0, 0.1) is 5.92 Å². The van der Waals surface area contributed by atoms with Crippen molar-refractivity contribution in [2.24, 2.45) is 5.92 Å². The Morgan fingerprint density at radius 1 is 1.11 bits per heavy atom. The summed E-state index contributed by atoms with van der Waals surface area (Å²) in [6.45, 7) is 1.94. The van der Waals surface area contributed by atoms with E-state index in [1.54, 1.807) is 0 Å². The topological polar surface area (TPSA) is 23.5 Å². The summed E-state index contributed by atoms with van der Waals surface area (Å²) in [6.07, 6.45) is 5.90. The molecular weight excluding hydrogens is 258 g/mol. The van der Waals surface area contributed by atoms with E-state index in [1.165, 1.54) is 24.8 Å². The molecule has 1 saturated carbocycles. The van der Waals surface area contributed by atoms with Crippen LogP contribution in [0.25, 0.3) is 0 Å². The number of benzene rings is 1. The quantitative estimate of drug-likeness (QED) is 0.913. The van der Waals surface area contributed by atoms with Gasteiger partial charge in [0.05, 0.1) is 6.10 Å². The smallest absolute Gasteiger partial charge is 0.0667 e. The highest BCUT2D eigenvalue weighted by molar-refractivity contribution is 6.30. The van der Waals surface area contributed by atoms with Crippen LogP contribution in [-0.4, -0.2) is 29.2 Å². The predicted molar refractivity (Wildman–Crippen MR) is 78.3 cm³/mol. The van der Waals surface area contributed by atoms with Crippen LogP contribution in [0.1, 0.15) is 43.7 Å². The van der Waals surface area contributed by atoms with Gasteiger partial charge in [0.15, 0.2) is 0 Å². The number of hydrogen-bond acceptors (Lipinski definition) is 2. The summed E-state index contributed by atoms with van der Waals surface area (Å²) >= 11 is 6.00. The molecule has 0 radical (unpaired) electrons. The number of β-amino-alcohol motifs (C(OH)–C–C–N with tert-alkyl or cyclic N) is 1. The third-order valence-corrected chi connectivity index (χ3v) is 4.88. The van der Waals surface area contributed by atoms with E-state index in [-0.39, 0.29) is 6.10 Å². The third kappa shape index (κ3) is 2.96. The number of aliphatic hydroxyl groups excluding tert-OH is 1. The summed E-state index contributed by atoms with van der Waals surface area (Å²) in [6, 6.07) is 8.77. The van der Waals surface area contributed by atoms with Crippen LogP contribution >= 0.6 is 11.6 Å². The Labute approximate surface area is 120 Å². The number of piperidine rings is 1. The molecule has 2 nitrogen and oxygen atoms in total.